The van der Waals surface area contributed by atoms with Crippen molar-refractivity contribution in [3.63, 3.8) is 0 Å². The van der Waals surface area contributed by atoms with E-state index in [-0.39, 0.29) is 11.2 Å². The van der Waals surface area contributed by atoms with E-state index < -0.39 is 0 Å². The van der Waals surface area contributed by atoms with Gasteiger partial charge in [-0.25, -0.2) is 0 Å². The highest BCUT2D eigenvalue weighted by Gasteiger charge is 2.48. The molecule has 84 valence electrons. The molecule has 1 heteroatoms. The Morgan fingerprint density at radius 1 is 1.13 bits per heavy atom. The van der Waals surface area contributed by atoms with Gasteiger partial charge in [0, 0.05) is 0 Å². The van der Waals surface area contributed by atoms with Crippen LogP contribution in [0.1, 0.15) is 53.9 Å². The lowest BCUT2D eigenvalue weighted by atomic mass is 9.78. The summed E-state index contributed by atoms with van der Waals surface area (Å²) in [6.45, 7) is 11.0. The van der Waals surface area contributed by atoms with Gasteiger partial charge in [0.15, 0.2) is 0 Å². The van der Waals surface area contributed by atoms with Gasteiger partial charge in [-0.15, -0.1) is 0 Å². The fourth-order valence-electron chi connectivity index (χ4n) is 2.99. The van der Waals surface area contributed by atoms with Crippen molar-refractivity contribution in [1.29, 1.82) is 0 Å². The van der Waals surface area contributed by atoms with E-state index in [2.05, 4.69) is 40.7 Å². The summed E-state index contributed by atoms with van der Waals surface area (Å²) in [5.41, 5.74) is 4.12. The number of hydrogen-bond donors (Lipinski definition) is 0. The molecule has 1 aliphatic carbocycles. The van der Waals surface area contributed by atoms with Crippen molar-refractivity contribution in [3.05, 3.63) is 22.8 Å². The summed E-state index contributed by atoms with van der Waals surface area (Å²) >= 11 is 0. The Hall–Kier alpha value is -0.560. The van der Waals surface area contributed by atoms with Crippen molar-refractivity contribution < 1.29 is 4.74 Å². The maximum atomic E-state index is 6.37. The average Bonchev–Trinajstić information content (AvgIpc) is 2.34. The second-order valence-electron chi connectivity index (χ2n) is 5.47. The van der Waals surface area contributed by atoms with Gasteiger partial charge in [-0.3, -0.25) is 0 Å². The lowest BCUT2D eigenvalue weighted by Gasteiger charge is -2.37. The smallest absolute Gasteiger partial charge is 0.111 e. The van der Waals surface area contributed by atoms with Crippen molar-refractivity contribution in [2.45, 2.75) is 65.1 Å². The van der Waals surface area contributed by atoms with Crippen molar-refractivity contribution >= 4 is 0 Å². The largest absolute Gasteiger partial charge is 0.356 e. The predicted octanol–water partition coefficient (Wildman–Crippen LogP) is 4.00. The van der Waals surface area contributed by atoms with Crippen LogP contribution in [0.3, 0.4) is 0 Å². The quantitative estimate of drug-likeness (QED) is 0.544. The molecular formula is C14H22O. The summed E-state index contributed by atoms with van der Waals surface area (Å²) in [5, 5.41) is 0. The van der Waals surface area contributed by atoms with Crippen molar-refractivity contribution in [2.75, 3.05) is 0 Å². The van der Waals surface area contributed by atoms with E-state index in [1.54, 1.807) is 0 Å². The van der Waals surface area contributed by atoms with Gasteiger partial charge in [0.2, 0.25) is 0 Å². The van der Waals surface area contributed by atoms with E-state index in [0.29, 0.717) is 0 Å². The lowest BCUT2D eigenvalue weighted by Crippen LogP contribution is -2.38. The third kappa shape index (κ3) is 1.40. The van der Waals surface area contributed by atoms with Crippen molar-refractivity contribution in [2.24, 2.45) is 0 Å². The van der Waals surface area contributed by atoms with Gasteiger partial charge in [0.05, 0.1) is 5.60 Å². The minimum atomic E-state index is -0.0868. The molecule has 1 aliphatic heterocycles. The predicted molar refractivity (Wildman–Crippen MR) is 63.9 cm³/mol. The monoisotopic (exact) mass is 206 g/mol. The highest BCUT2D eigenvalue weighted by atomic mass is 16.5. The summed E-state index contributed by atoms with van der Waals surface area (Å²) in [4.78, 5) is 0. The van der Waals surface area contributed by atoms with Crippen LogP contribution >= 0.6 is 0 Å². The molecule has 1 heterocycles. The second kappa shape index (κ2) is 3.21. The third-order valence-electron chi connectivity index (χ3n) is 4.32. The molecule has 0 N–H and O–H groups in total. The minimum Gasteiger partial charge on any atom is -0.356 e. The minimum absolute atomic E-state index is 0.0637. The van der Waals surface area contributed by atoms with Gasteiger partial charge in [0.1, 0.15) is 5.60 Å². The van der Waals surface area contributed by atoms with E-state index in [0.717, 1.165) is 6.42 Å². The summed E-state index contributed by atoms with van der Waals surface area (Å²) in [6, 6.07) is 0. The highest BCUT2D eigenvalue weighted by molar-refractivity contribution is 5.42. The molecule has 1 atom stereocenters. The van der Waals surface area contributed by atoms with Crippen molar-refractivity contribution in [1.82, 2.24) is 0 Å². The summed E-state index contributed by atoms with van der Waals surface area (Å²) < 4.78 is 6.37. The Kier molecular flexibility index (Phi) is 2.34. The lowest BCUT2D eigenvalue weighted by molar-refractivity contribution is -0.0635. The van der Waals surface area contributed by atoms with E-state index in [1.807, 2.05) is 0 Å². The molecule has 1 nitrogen and oxygen atoms in total. The molecule has 1 unspecified atom stereocenters. The standard InChI is InChI=1S/C14H22O/c1-10-8-6-7-9-14(10)12(3)11(2)13(4,5)15-14/h8H,6-7,9H2,1-5H3. The normalized spacial score (nSPS) is 34.9. The Morgan fingerprint density at radius 3 is 2.27 bits per heavy atom. The topological polar surface area (TPSA) is 9.23 Å². The first-order valence-corrected chi connectivity index (χ1v) is 5.96. The van der Waals surface area contributed by atoms with Crippen LogP contribution in [0.4, 0.5) is 0 Å². The molecule has 0 saturated carbocycles. The molecule has 0 radical (unpaired) electrons. The van der Waals surface area contributed by atoms with Gasteiger partial charge in [-0.05, 0) is 70.6 Å². The Labute approximate surface area is 93.2 Å². The van der Waals surface area contributed by atoms with Crippen LogP contribution in [-0.2, 0) is 4.74 Å². The van der Waals surface area contributed by atoms with Gasteiger partial charge in [0.25, 0.3) is 0 Å². The van der Waals surface area contributed by atoms with E-state index in [1.165, 1.54) is 29.6 Å². The van der Waals surface area contributed by atoms with Crippen LogP contribution < -0.4 is 0 Å². The molecule has 0 amide bonds. The van der Waals surface area contributed by atoms with Gasteiger partial charge in [-0.2, -0.15) is 0 Å². The zero-order chi connectivity index (χ0) is 11.3. The number of ether oxygens (including phenoxy) is 1. The van der Waals surface area contributed by atoms with Crippen LogP contribution in [-0.4, -0.2) is 11.2 Å². The SMILES string of the molecule is CC1=CCCCC12OC(C)(C)C(C)=C2C. The van der Waals surface area contributed by atoms with Gasteiger partial charge in [-0.1, -0.05) is 6.08 Å². The van der Waals surface area contributed by atoms with Crippen LogP contribution in [0.15, 0.2) is 22.8 Å². The van der Waals surface area contributed by atoms with E-state index >= 15 is 0 Å². The fourth-order valence-corrected chi connectivity index (χ4v) is 2.99. The molecule has 0 aromatic carbocycles. The maximum Gasteiger partial charge on any atom is 0.111 e. The Bertz CT molecular complexity index is 346. The highest BCUT2D eigenvalue weighted by Crippen LogP contribution is 2.50. The molecule has 2 rings (SSSR count). The number of hydrogen-bond acceptors (Lipinski definition) is 1. The molecular weight excluding hydrogens is 184 g/mol. The van der Waals surface area contributed by atoms with E-state index in [9.17, 15) is 0 Å². The average molecular weight is 206 g/mol. The molecule has 15 heavy (non-hydrogen) atoms. The molecule has 0 bridgehead atoms. The Morgan fingerprint density at radius 2 is 1.80 bits per heavy atom. The first kappa shape index (κ1) is 10.9. The van der Waals surface area contributed by atoms with Crippen LogP contribution in [0.25, 0.3) is 0 Å². The number of allylic oxidation sites excluding steroid dienone is 1. The molecule has 1 spiro atoms. The molecule has 2 aliphatic rings. The first-order valence-electron chi connectivity index (χ1n) is 5.96. The third-order valence-corrected chi connectivity index (χ3v) is 4.32. The summed E-state index contributed by atoms with van der Waals surface area (Å²) in [7, 11) is 0. The van der Waals surface area contributed by atoms with Gasteiger partial charge >= 0.3 is 0 Å². The summed E-state index contributed by atoms with van der Waals surface area (Å²) in [5.74, 6) is 0. The van der Waals surface area contributed by atoms with E-state index in [4.69, 9.17) is 4.74 Å². The second-order valence-corrected chi connectivity index (χ2v) is 5.47. The summed E-state index contributed by atoms with van der Waals surface area (Å²) in [6.07, 6.45) is 5.96. The maximum absolute atomic E-state index is 6.37. The van der Waals surface area contributed by atoms with Crippen molar-refractivity contribution in [3.8, 4) is 0 Å². The van der Waals surface area contributed by atoms with Crippen LogP contribution in [0.5, 0.6) is 0 Å². The van der Waals surface area contributed by atoms with Crippen LogP contribution in [0.2, 0.25) is 0 Å². The fraction of sp³-hybridized carbons (Fsp3) is 0.714. The van der Waals surface area contributed by atoms with Gasteiger partial charge < -0.3 is 4.74 Å². The first-order chi connectivity index (χ1) is 6.90. The molecule has 0 fully saturated rings. The molecule has 0 aromatic heterocycles. The molecule has 0 saturated heterocycles. The van der Waals surface area contributed by atoms with Crippen LogP contribution in [0, 0.1) is 0 Å². The zero-order valence-corrected chi connectivity index (χ0v) is 10.6. The zero-order valence-electron chi connectivity index (χ0n) is 10.6. The number of rotatable bonds is 0. The molecule has 0 aromatic rings. The Balaban J connectivity index is 2.49.